The molecule has 1 amide bonds. The molecule has 0 aromatic heterocycles. The number of carbonyl (C=O) groups excluding carboxylic acids is 1. The maximum absolute atomic E-state index is 13.4. The first-order chi connectivity index (χ1) is 15.0. The third kappa shape index (κ3) is 6.13. The topological polar surface area (TPSA) is 79.0 Å². The fourth-order valence-corrected chi connectivity index (χ4v) is 6.32. The molecule has 8 heteroatoms. The van der Waals surface area contributed by atoms with Gasteiger partial charge in [0.25, 0.3) is 0 Å². The molecule has 1 saturated heterocycles. The fraction of sp³-hybridized carbons (Fsp3) is 0.696. The highest BCUT2D eigenvalue weighted by molar-refractivity contribution is 7.90. The normalized spacial score (nSPS) is 21.3. The molecule has 1 aromatic rings. The molecule has 7 nitrogen and oxygen atoms in total. The fourth-order valence-electron chi connectivity index (χ4n) is 4.60. The summed E-state index contributed by atoms with van der Waals surface area (Å²) < 4.78 is 35.2. The van der Waals surface area contributed by atoms with Crippen LogP contribution in [0.5, 0.6) is 5.75 Å². The van der Waals surface area contributed by atoms with Crippen LogP contribution in [0.1, 0.15) is 65.2 Å². The first-order valence-corrected chi connectivity index (χ1v) is 13.2. The summed E-state index contributed by atoms with van der Waals surface area (Å²) in [6.07, 6.45) is 8.28. The minimum Gasteiger partial charge on any atom is -0.494 e. The average molecular weight is 452 g/mol. The summed E-state index contributed by atoms with van der Waals surface area (Å²) in [4.78, 5) is 12.9. The summed E-state index contributed by atoms with van der Waals surface area (Å²) in [7, 11) is -3.71. The molecule has 0 radical (unpaired) electrons. The van der Waals surface area contributed by atoms with E-state index in [2.05, 4.69) is 5.32 Å². The van der Waals surface area contributed by atoms with Crippen molar-refractivity contribution in [3.05, 3.63) is 24.3 Å². The van der Waals surface area contributed by atoms with Gasteiger partial charge in [-0.05, 0) is 63.8 Å². The van der Waals surface area contributed by atoms with Crippen molar-refractivity contribution >= 4 is 21.8 Å². The lowest BCUT2D eigenvalue weighted by atomic mass is 9.97. The van der Waals surface area contributed by atoms with Crippen molar-refractivity contribution in [3.8, 4) is 5.75 Å². The minimum absolute atomic E-state index is 0.0101. The highest BCUT2D eigenvalue weighted by Gasteiger charge is 2.36. The Bertz CT molecular complexity index is 805. The third-order valence-corrected chi connectivity index (χ3v) is 8.29. The number of nitrogens with zero attached hydrogens (tertiary/aromatic N) is 2. The van der Waals surface area contributed by atoms with Gasteiger partial charge < -0.3 is 10.1 Å². The second-order valence-corrected chi connectivity index (χ2v) is 10.3. The molecule has 1 heterocycles. The van der Waals surface area contributed by atoms with Crippen LogP contribution in [0.4, 0.5) is 5.69 Å². The van der Waals surface area contributed by atoms with Crippen molar-refractivity contribution in [1.29, 1.82) is 0 Å². The van der Waals surface area contributed by atoms with Crippen LogP contribution < -0.4 is 14.4 Å². The maximum Gasteiger partial charge on any atom is 0.304 e. The molecule has 0 spiro atoms. The van der Waals surface area contributed by atoms with Gasteiger partial charge in [-0.1, -0.05) is 25.7 Å². The van der Waals surface area contributed by atoms with E-state index in [4.69, 9.17) is 4.74 Å². The molecule has 174 valence electrons. The van der Waals surface area contributed by atoms with Gasteiger partial charge in [0.2, 0.25) is 5.91 Å². The van der Waals surface area contributed by atoms with Gasteiger partial charge >= 0.3 is 10.2 Å². The van der Waals surface area contributed by atoms with Crippen LogP contribution in [0.15, 0.2) is 24.3 Å². The Balaban J connectivity index is 1.67. The van der Waals surface area contributed by atoms with Gasteiger partial charge in [0.15, 0.2) is 0 Å². The molecule has 31 heavy (non-hydrogen) atoms. The lowest BCUT2D eigenvalue weighted by Crippen LogP contribution is -2.51. The van der Waals surface area contributed by atoms with Gasteiger partial charge in [0.05, 0.1) is 18.2 Å². The molecule has 1 aromatic carbocycles. The first-order valence-electron chi connectivity index (χ1n) is 11.8. The Morgan fingerprint density at radius 1 is 1.06 bits per heavy atom. The Morgan fingerprint density at radius 2 is 1.74 bits per heavy atom. The highest BCUT2D eigenvalue weighted by atomic mass is 32.2. The molecule has 3 rings (SSSR count). The third-order valence-electron chi connectivity index (χ3n) is 6.28. The lowest BCUT2D eigenvalue weighted by molar-refractivity contribution is -0.126. The number of rotatable bonds is 8. The average Bonchev–Trinajstić information content (AvgIpc) is 3.04. The van der Waals surface area contributed by atoms with Crippen LogP contribution in [0, 0.1) is 5.92 Å². The molecule has 2 fully saturated rings. The number of benzene rings is 1. The van der Waals surface area contributed by atoms with E-state index in [1.807, 2.05) is 13.8 Å². The van der Waals surface area contributed by atoms with Crippen LogP contribution in [0.3, 0.4) is 0 Å². The zero-order valence-electron chi connectivity index (χ0n) is 18.9. The van der Waals surface area contributed by atoms with Crippen LogP contribution in [-0.4, -0.2) is 50.9 Å². The minimum atomic E-state index is -3.71. The number of ether oxygens (including phenoxy) is 1. The summed E-state index contributed by atoms with van der Waals surface area (Å²) in [6.45, 7) is 5.32. The molecule has 2 aliphatic rings. The zero-order chi connectivity index (χ0) is 22.3. The molecule has 0 bridgehead atoms. The Hall–Kier alpha value is -1.80. The number of hydrogen-bond acceptors (Lipinski definition) is 4. The van der Waals surface area contributed by atoms with E-state index < -0.39 is 10.2 Å². The van der Waals surface area contributed by atoms with E-state index in [9.17, 15) is 13.2 Å². The number of nitrogens with one attached hydrogen (secondary N) is 1. The number of hydrogen-bond donors (Lipinski definition) is 1. The maximum atomic E-state index is 13.4. The quantitative estimate of drug-likeness (QED) is 0.611. The lowest BCUT2D eigenvalue weighted by Gasteiger charge is -2.36. The van der Waals surface area contributed by atoms with Crippen molar-refractivity contribution in [2.75, 3.05) is 30.5 Å². The van der Waals surface area contributed by atoms with Crippen molar-refractivity contribution in [1.82, 2.24) is 9.62 Å². The molecule has 1 aliphatic heterocycles. The second kappa shape index (κ2) is 11.2. The van der Waals surface area contributed by atoms with E-state index in [1.54, 1.807) is 24.3 Å². The van der Waals surface area contributed by atoms with Crippen LogP contribution in [0.25, 0.3) is 0 Å². The van der Waals surface area contributed by atoms with E-state index in [-0.39, 0.29) is 24.4 Å². The summed E-state index contributed by atoms with van der Waals surface area (Å²) in [5.74, 6) is 0.439. The number of anilines is 1. The molecular formula is C23H37N3O4S. The van der Waals surface area contributed by atoms with Gasteiger partial charge in [-0.15, -0.1) is 0 Å². The van der Waals surface area contributed by atoms with Gasteiger partial charge in [0, 0.05) is 25.7 Å². The number of piperidine rings is 1. The van der Waals surface area contributed by atoms with E-state index >= 15 is 0 Å². The standard InChI is InChI=1S/C23H37N3O4S/c1-3-26(21-13-15-22(16-14-21)30-4-2)31(28,29)25-17-9-10-19(18-25)23(27)24-20-11-7-5-6-8-12-20/h13-16,19-20H,3-12,17-18H2,1-2H3,(H,24,27)/t19-/m1/s1. The van der Waals surface area contributed by atoms with Crippen molar-refractivity contribution in [2.24, 2.45) is 5.92 Å². The smallest absolute Gasteiger partial charge is 0.304 e. The summed E-state index contributed by atoms with van der Waals surface area (Å²) >= 11 is 0. The van der Waals surface area contributed by atoms with Crippen LogP contribution in [0.2, 0.25) is 0 Å². The summed E-state index contributed by atoms with van der Waals surface area (Å²) in [5, 5.41) is 3.21. The largest absolute Gasteiger partial charge is 0.494 e. The van der Waals surface area contributed by atoms with Gasteiger partial charge in [0.1, 0.15) is 5.75 Å². The number of amides is 1. The highest BCUT2D eigenvalue weighted by Crippen LogP contribution is 2.27. The Labute approximate surface area is 187 Å². The molecule has 1 N–H and O–H groups in total. The summed E-state index contributed by atoms with van der Waals surface area (Å²) in [5.41, 5.74) is 0.607. The van der Waals surface area contributed by atoms with Crippen molar-refractivity contribution in [3.63, 3.8) is 0 Å². The van der Waals surface area contributed by atoms with E-state index in [0.29, 0.717) is 37.6 Å². The molecule has 1 atom stereocenters. The molecule has 1 aliphatic carbocycles. The van der Waals surface area contributed by atoms with Gasteiger partial charge in [-0.3, -0.25) is 9.10 Å². The van der Waals surface area contributed by atoms with Crippen LogP contribution >= 0.6 is 0 Å². The Kier molecular flexibility index (Phi) is 8.60. The molecular weight excluding hydrogens is 414 g/mol. The predicted molar refractivity (Wildman–Crippen MR) is 123 cm³/mol. The van der Waals surface area contributed by atoms with Crippen molar-refractivity contribution < 1.29 is 17.9 Å². The predicted octanol–water partition coefficient (Wildman–Crippen LogP) is 3.71. The van der Waals surface area contributed by atoms with Gasteiger partial charge in [-0.2, -0.15) is 12.7 Å². The first kappa shape index (κ1) is 23.9. The monoisotopic (exact) mass is 451 g/mol. The van der Waals surface area contributed by atoms with Crippen LogP contribution in [-0.2, 0) is 15.0 Å². The van der Waals surface area contributed by atoms with E-state index in [0.717, 1.165) is 32.1 Å². The Morgan fingerprint density at radius 3 is 2.35 bits per heavy atom. The second-order valence-electron chi connectivity index (χ2n) is 8.49. The SMILES string of the molecule is CCOc1ccc(N(CC)S(=O)(=O)N2CCC[C@@H](C(=O)NC3CCCCCC3)C2)cc1. The van der Waals surface area contributed by atoms with Gasteiger partial charge in [-0.25, -0.2) is 0 Å². The molecule has 0 unspecified atom stereocenters. The van der Waals surface area contributed by atoms with Crippen molar-refractivity contribution in [2.45, 2.75) is 71.3 Å². The zero-order valence-corrected chi connectivity index (χ0v) is 19.7. The van der Waals surface area contributed by atoms with E-state index in [1.165, 1.54) is 21.5 Å². The number of carbonyl (C=O) groups is 1. The summed E-state index contributed by atoms with van der Waals surface area (Å²) in [6, 6.07) is 7.35. The molecule has 1 saturated carbocycles.